The lowest BCUT2D eigenvalue weighted by Gasteiger charge is -2.27. The smallest absolute Gasteiger partial charge is 0.224 e. The quantitative estimate of drug-likeness (QED) is 0.872. The summed E-state index contributed by atoms with van der Waals surface area (Å²) >= 11 is 0. The zero-order valence-corrected chi connectivity index (χ0v) is 11.2. The average Bonchev–Trinajstić information content (AvgIpc) is 2.48. The minimum absolute atomic E-state index is 0.172. The first-order valence-corrected chi connectivity index (χ1v) is 6.53. The van der Waals surface area contributed by atoms with Crippen molar-refractivity contribution < 1.29 is 14.3 Å². The first kappa shape index (κ1) is 13.7. The highest BCUT2D eigenvalue weighted by Gasteiger charge is 2.16. The minimum atomic E-state index is 0.172. The highest BCUT2D eigenvalue weighted by molar-refractivity contribution is 5.77. The van der Waals surface area contributed by atoms with Gasteiger partial charge in [-0.15, -0.1) is 0 Å². The van der Waals surface area contributed by atoms with Crippen LogP contribution in [-0.4, -0.2) is 50.8 Å². The van der Waals surface area contributed by atoms with E-state index in [2.05, 4.69) is 5.32 Å². The summed E-state index contributed by atoms with van der Waals surface area (Å²) in [6.45, 7) is 3.30. The summed E-state index contributed by atoms with van der Waals surface area (Å²) in [6, 6.07) is 7.70. The van der Waals surface area contributed by atoms with Gasteiger partial charge in [0, 0.05) is 26.1 Å². The molecule has 19 heavy (non-hydrogen) atoms. The van der Waals surface area contributed by atoms with Gasteiger partial charge in [-0.1, -0.05) is 12.1 Å². The maximum absolute atomic E-state index is 11.9. The topological polar surface area (TPSA) is 50.8 Å². The van der Waals surface area contributed by atoms with Crippen LogP contribution in [0.1, 0.15) is 6.42 Å². The number of benzene rings is 1. The molecule has 1 fully saturated rings. The second-order valence-corrected chi connectivity index (χ2v) is 4.37. The Balaban J connectivity index is 1.78. The maximum Gasteiger partial charge on any atom is 0.224 e. The van der Waals surface area contributed by atoms with Gasteiger partial charge in [-0.2, -0.15) is 0 Å². The fourth-order valence-electron chi connectivity index (χ4n) is 2.07. The number of nitrogens with one attached hydrogen (secondary N) is 1. The molecule has 1 aliphatic rings. The van der Waals surface area contributed by atoms with Crippen LogP contribution in [0, 0.1) is 0 Å². The Morgan fingerprint density at radius 3 is 2.84 bits per heavy atom. The van der Waals surface area contributed by atoms with Crippen LogP contribution in [0.5, 0.6) is 5.75 Å². The molecular formula is C14H20N2O3. The van der Waals surface area contributed by atoms with Gasteiger partial charge >= 0.3 is 0 Å². The molecule has 2 rings (SSSR count). The molecule has 1 aliphatic heterocycles. The van der Waals surface area contributed by atoms with E-state index in [1.807, 2.05) is 29.2 Å². The van der Waals surface area contributed by atoms with Gasteiger partial charge < -0.3 is 19.7 Å². The monoisotopic (exact) mass is 264 g/mol. The number of rotatable bonds is 5. The first-order chi connectivity index (χ1) is 9.31. The molecular weight excluding hydrogens is 244 g/mol. The number of methoxy groups -OCH3 is 1. The predicted octanol–water partition coefficient (Wildman–Crippen LogP) is 1.36. The Kier molecular flexibility index (Phi) is 5.03. The number of para-hydroxylation sites is 2. The fourth-order valence-corrected chi connectivity index (χ4v) is 2.07. The first-order valence-electron chi connectivity index (χ1n) is 6.53. The van der Waals surface area contributed by atoms with E-state index < -0.39 is 0 Å². The number of ether oxygens (including phenoxy) is 2. The zero-order chi connectivity index (χ0) is 13.5. The third kappa shape index (κ3) is 3.86. The Labute approximate surface area is 113 Å². The van der Waals surface area contributed by atoms with E-state index in [1.165, 1.54) is 0 Å². The molecule has 1 aromatic carbocycles. The number of morpholine rings is 1. The second-order valence-electron chi connectivity index (χ2n) is 4.37. The van der Waals surface area contributed by atoms with Gasteiger partial charge in [0.25, 0.3) is 0 Å². The van der Waals surface area contributed by atoms with Gasteiger partial charge in [-0.3, -0.25) is 4.79 Å². The predicted molar refractivity (Wildman–Crippen MR) is 73.5 cm³/mol. The van der Waals surface area contributed by atoms with Crippen molar-refractivity contribution >= 4 is 11.6 Å². The molecule has 104 valence electrons. The largest absolute Gasteiger partial charge is 0.495 e. The third-order valence-electron chi connectivity index (χ3n) is 3.13. The van der Waals surface area contributed by atoms with E-state index in [0.29, 0.717) is 39.3 Å². The van der Waals surface area contributed by atoms with Gasteiger partial charge in [-0.25, -0.2) is 0 Å². The van der Waals surface area contributed by atoms with E-state index in [-0.39, 0.29) is 5.91 Å². The highest BCUT2D eigenvalue weighted by Crippen LogP contribution is 2.22. The number of anilines is 1. The van der Waals surface area contributed by atoms with Crippen molar-refractivity contribution in [2.75, 3.05) is 45.3 Å². The normalized spacial score (nSPS) is 15.1. The summed E-state index contributed by atoms with van der Waals surface area (Å²) in [5.74, 6) is 0.965. The molecule has 0 unspecified atom stereocenters. The summed E-state index contributed by atoms with van der Waals surface area (Å²) in [4.78, 5) is 13.8. The molecule has 0 aliphatic carbocycles. The van der Waals surface area contributed by atoms with Crippen LogP contribution in [0.25, 0.3) is 0 Å². The molecule has 5 heteroatoms. The van der Waals surface area contributed by atoms with E-state index in [9.17, 15) is 4.79 Å². The molecule has 1 N–H and O–H groups in total. The van der Waals surface area contributed by atoms with Crippen LogP contribution in [0.2, 0.25) is 0 Å². The lowest BCUT2D eigenvalue weighted by Crippen LogP contribution is -2.41. The molecule has 1 heterocycles. The number of hydrogen-bond acceptors (Lipinski definition) is 4. The van der Waals surface area contributed by atoms with Crippen LogP contribution in [0.15, 0.2) is 24.3 Å². The summed E-state index contributed by atoms with van der Waals surface area (Å²) in [7, 11) is 1.64. The van der Waals surface area contributed by atoms with E-state index >= 15 is 0 Å². The van der Waals surface area contributed by atoms with Crippen LogP contribution < -0.4 is 10.1 Å². The van der Waals surface area contributed by atoms with Gasteiger partial charge in [0.15, 0.2) is 0 Å². The fraction of sp³-hybridized carbons (Fsp3) is 0.500. The van der Waals surface area contributed by atoms with Gasteiger partial charge in [0.1, 0.15) is 5.75 Å². The summed E-state index contributed by atoms with van der Waals surface area (Å²) < 4.78 is 10.5. The Bertz CT molecular complexity index is 417. The number of hydrogen-bond donors (Lipinski definition) is 1. The third-order valence-corrected chi connectivity index (χ3v) is 3.13. The Morgan fingerprint density at radius 2 is 2.11 bits per heavy atom. The number of carbonyl (C=O) groups is 1. The maximum atomic E-state index is 11.9. The summed E-state index contributed by atoms with van der Waals surface area (Å²) in [5, 5.41) is 3.23. The van der Waals surface area contributed by atoms with E-state index in [4.69, 9.17) is 9.47 Å². The Morgan fingerprint density at radius 1 is 1.37 bits per heavy atom. The van der Waals surface area contributed by atoms with Crippen LogP contribution >= 0.6 is 0 Å². The number of nitrogens with zero attached hydrogens (tertiary/aromatic N) is 1. The van der Waals surface area contributed by atoms with Gasteiger partial charge in [-0.05, 0) is 12.1 Å². The van der Waals surface area contributed by atoms with E-state index in [0.717, 1.165) is 11.4 Å². The lowest BCUT2D eigenvalue weighted by molar-refractivity contribution is -0.134. The second kappa shape index (κ2) is 6.99. The van der Waals surface area contributed by atoms with Crippen molar-refractivity contribution in [2.24, 2.45) is 0 Å². The van der Waals surface area contributed by atoms with Crippen molar-refractivity contribution in [3.8, 4) is 5.75 Å². The Hall–Kier alpha value is -1.75. The molecule has 0 bridgehead atoms. The molecule has 1 aromatic rings. The minimum Gasteiger partial charge on any atom is -0.495 e. The average molecular weight is 264 g/mol. The number of amides is 1. The van der Waals surface area contributed by atoms with Crippen molar-refractivity contribution in [2.45, 2.75) is 6.42 Å². The molecule has 1 amide bonds. The highest BCUT2D eigenvalue weighted by atomic mass is 16.5. The van der Waals surface area contributed by atoms with Crippen molar-refractivity contribution in [3.63, 3.8) is 0 Å². The molecule has 0 atom stereocenters. The van der Waals surface area contributed by atoms with Crippen molar-refractivity contribution in [3.05, 3.63) is 24.3 Å². The van der Waals surface area contributed by atoms with Crippen LogP contribution in [-0.2, 0) is 9.53 Å². The van der Waals surface area contributed by atoms with Crippen LogP contribution in [0.4, 0.5) is 5.69 Å². The van der Waals surface area contributed by atoms with Gasteiger partial charge in [0.2, 0.25) is 5.91 Å². The van der Waals surface area contributed by atoms with Crippen molar-refractivity contribution in [1.29, 1.82) is 0 Å². The van der Waals surface area contributed by atoms with Crippen molar-refractivity contribution in [1.82, 2.24) is 4.90 Å². The molecule has 1 saturated heterocycles. The summed E-state index contributed by atoms with van der Waals surface area (Å²) in [6.07, 6.45) is 0.484. The molecule has 5 nitrogen and oxygen atoms in total. The molecule has 0 spiro atoms. The molecule has 0 aromatic heterocycles. The lowest BCUT2D eigenvalue weighted by atomic mass is 10.2. The standard InChI is InChI=1S/C14H20N2O3/c1-18-13-5-3-2-4-12(13)15-7-6-14(17)16-8-10-19-11-9-16/h2-5,15H,6-11H2,1H3. The molecule has 0 radical (unpaired) electrons. The summed E-state index contributed by atoms with van der Waals surface area (Å²) in [5.41, 5.74) is 0.916. The zero-order valence-electron chi connectivity index (χ0n) is 11.2. The molecule has 0 saturated carbocycles. The van der Waals surface area contributed by atoms with Crippen LogP contribution in [0.3, 0.4) is 0 Å². The van der Waals surface area contributed by atoms with E-state index in [1.54, 1.807) is 7.11 Å². The van der Waals surface area contributed by atoms with Gasteiger partial charge in [0.05, 0.1) is 26.0 Å². The SMILES string of the molecule is COc1ccccc1NCCC(=O)N1CCOCC1. The number of carbonyl (C=O) groups excluding carboxylic acids is 1.